The minimum atomic E-state index is -0.0268. The Hall–Kier alpha value is -3.22. The number of ether oxygens (including phenoxy) is 3. The van der Waals surface area contributed by atoms with Crippen LogP contribution >= 0.6 is 0 Å². The smallest absolute Gasteiger partial charge is 0.254 e. The molecule has 4 rings (SSSR count). The second-order valence-corrected chi connectivity index (χ2v) is 7.14. The van der Waals surface area contributed by atoms with Crippen LogP contribution < -0.4 is 14.2 Å². The zero-order chi connectivity index (χ0) is 20.4. The number of hydrogen-bond acceptors (Lipinski definition) is 5. The summed E-state index contributed by atoms with van der Waals surface area (Å²) in [5.74, 6) is 1.82. The Bertz CT molecular complexity index is 964. The van der Waals surface area contributed by atoms with Gasteiger partial charge in [0.15, 0.2) is 11.5 Å². The van der Waals surface area contributed by atoms with Crippen LogP contribution in [0, 0.1) is 0 Å². The quantitative estimate of drug-likeness (QED) is 0.714. The Morgan fingerprint density at radius 1 is 1.07 bits per heavy atom. The van der Waals surface area contributed by atoms with E-state index in [4.69, 9.17) is 14.2 Å². The largest absolute Gasteiger partial charge is 0.493 e. The van der Waals surface area contributed by atoms with E-state index in [9.17, 15) is 4.79 Å². The van der Waals surface area contributed by atoms with Crippen molar-refractivity contribution < 1.29 is 19.0 Å². The molecule has 1 amide bonds. The molecule has 3 heterocycles. The van der Waals surface area contributed by atoms with Crippen molar-refractivity contribution in [3.63, 3.8) is 0 Å². The number of nitrogens with one attached hydrogen (secondary N) is 1. The normalized spacial score (nSPS) is 14.8. The number of carbonyl (C=O) groups excluding carboxylic acids is 1. The molecular weight excluding hydrogens is 370 g/mol. The van der Waals surface area contributed by atoms with Gasteiger partial charge in [-0.2, -0.15) is 0 Å². The lowest BCUT2D eigenvalue weighted by molar-refractivity contribution is 0.0711. The fourth-order valence-electron chi connectivity index (χ4n) is 3.98. The fourth-order valence-corrected chi connectivity index (χ4v) is 3.98. The van der Waals surface area contributed by atoms with Crippen molar-refractivity contribution in [1.29, 1.82) is 0 Å². The number of carbonyl (C=O) groups is 1. The van der Waals surface area contributed by atoms with Gasteiger partial charge in [0.1, 0.15) is 0 Å². The van der Waals surface area contributed by atoms with E-state index < -0.39 is 0 Å². The van der Waals surface area contributed by atoms with Gasteiger partial charge in [-0.3, -0.25) is 9.78 Å². The van der Waals surface area contributed by atoms with Crippen molar-refractivity contribution in [2.45, 2.75) is 18.8 Å². The number of rotatable bonds is 5. The molecule has 3 aromatic rings. The molecule has 1 saturated heterocycles. The van der Waals surface area contributed by atoms with E-state index in [1.807, 2.05) is 17.0 Å². The van der Waals surface area contributed by atoms with Crippen LogP contribution in [0.3, 0.4) is 0 Å². The molecule has 0 unspecified atom stereocenters. The molecule has 1 aliphatic rings. The molecular formula is C22H25N3O4. The Morgan fingerprint density at radius 2 is 1.76 bits per heavy atom. The van der Waals surface area contributed by atoms with Crippen molar-refractivity contribution in [1.82, 2.24) is 14.9 Å². The standard InChI is InChI=1S/C22H25N3O4/c1-27-19-11-15(12-20(28-2)21(19)29-3)22(26)25-9-6-14(7-10-25)17-13-18-16(24-17)5-4-8-23-18/h4-5,8,11-14,24H,6-7,9-10H2,1-3H3. The van der Waals surface area contributed by atoms with Gasteiger partial charge in [0.25, 0.3) is 5.91 Å². The first kappa shape index (κ1) is 19.1. The number of pyridine rings is 1. The fraction of sp³-hybridized carbons (Fsp3) is 0.364. The predicted molar refractivity (Wildman–Crippen MR) is 110 cm³/mol. The van der Waals surface area contributed by atoms with Crippen molar-refractivity contribution >= 4 is 16.9 Å². The van der Waals surface area contributed by atoms with Gasteiger partial charge in [-0.15, -0.1) is 0 Å². The first-order valence-corrected chi connectivity index (χ1v) is 9.67. The average Bonchev–Trinajstić information content (AvgIpc) is 3.22. The van der Waals surface area contributed by atoms with Gasteiger partial charge >= 0.3 is 0 Å². The molecule has 0 atom stereocenters. The summed E-state index contributed by atoms with van der Waals surface area (Å²) < 4.78 is 16.1. The number of piperidine rings is 1. The third-order valence-electron chi connectivity index (χ3n) is 5.54. The third kappa shape index (κ3) is 3.60. The lowest BCUT2D eigenvalue weighted by Gasteiger charge is -2.32. The van der Waals surface area contributed by atoms with E-state index in [-0.39, 0.29) is 5.91 Å². The Kier molecular flexibility index (Phi) is 5.29. The highest BCUT2D eigenvalue weighted by Crippen LogP contribution is 2.39. The summed E-state index contributed by atoms with van der Waals surface area (Å²) in [6, 6.07) is 9.51. The van der Waals surface area contributed by atoms with E-state index in [1.165, 1.54) is 5.69 Å². The van der Waals surface area contributed by atoms with Gasteiger partial charge in [-0.05, 0) is 43.2 Å². The topological polar surface area (TPSA) is 76.7 Å². The molecule has 2 aromatic heterocycles. The SMILES string of the molecule is COc1cc(C(=O)N2CCC(c3cc4ncccc4[nH]3)CC2)cc(OC)c1OC. The summed E-state index contributed by atoms with van der Waals surface area (Å²) >= 11 is 0. The molecule has 7 nitrogen and oxygen atoms in total. The molecule has 0 aliphatic carbocycles. The first-order chi connectivity index (χ1) is 14.1. The van der Waals surface area contributed by atoms with Crippen molar-refractivity contribution in [2.24, 2.45) is 0 Å². The maximum absolute atomic E-state index is 13.1. The number of benzene rings is 1. The maximum Gasteiger partial charge on any atom is 0.254 e. The van der Waals surface area contributed by atoms with Gasteiger partial charge in [0.05, 0.1) is 32.4 Å². The minimum absolute atomic E-state index is 0.0268. The number of aromatic amines is 1. The molecule has 29 heavy (non-hydrogen) atoms. The molecule has 1 N–H and O–H groups in total. The molecule has 1 fully saturated rings. The molecule has 0 saturated carbocycles. The molecule has 1 aromatic carbocycles. The molecule has 7 heteroatoms. The number of nitrogens with zero attached hydrogens (tertiary/aromatic N) is 2. The number of methoxy groups -OCH3 is 3. The molecule has 0 spiro atoms. The number of fused-ring (bicyclic) bond motifs is 1. The van der Waals surface area contributed by atoms with Gasteiger partial charge in [0, 0.05) is 36.5 Å². The monoisotopic (exact) mass is 395 g/mol. The zero-order valence-electron chi connectivity index (χ0n) is 16.9. The number of hydrogen-bond donors (Lipinski definition) is 1. The Labute approximate surface area is 169 Å². The number of amides is 1. The summed E-state index contributed by atoms with van der Waals surface area (Å²) in [5, 5.41) is 0. The van der Waals surface area contributed by atoms with Gasteiger partial charge in [-0.25, -0.2) is 0 Å². The number of likely N-dealkylation sites (tertiary alicyclic amines) is 1. The van der Waals surface area contributed by atoms with Crippen molar-refractivity contribution in [3.8, 4) is 17.2 Å². The average molecular weight is 395 g/mol. The highest BCUT2D eigenvalue weighted by Gasteiger charge is 2.27. The highest BCUT2D eigenvalue weighted by molar-refractivity contribution is 5.95. The van der Waals surface area contributed by atoms with Crippen molar-refractivity contribution in [3.05, 3.63) is 47.8 Å². The predicted octanol–water partition coefficient (Wildman–Crippen LogP) is 3.61. The number of H-pyrrole nitrogens is 1. The second-order valence-electron chi connectivity index (χ2n) is 7.14. The minimum Gasteiger partial charge on any atom is -0.493 e. The molecule has 0 bridgehead atoms. The van der Waals surface area contributed by atoms with Gasteiger partial charge in [0.2, 0.25) is 5.75 Å². The number of aromatic nitrogens is 2. The third-order valence-corrected chi connectivity index (χ3v) is 5.54. The van der Waals surface area contributed by atoms with Crippen LogP contribution in [-0.2, 0) is 0 Å². The van der Waals surface area contributed by atoms with Crippen LogP contribution in [0.2, 0.25) is 0 Å². The second kappa shape index (κ2) is 8.03. The van der Waals surface area contributed by atoms with Crippen LogP contribution in [0.1, 0.15) is 34.8 Å². The first-order valence-electron chi connectivity index (χ1n) is 9.67. The van der Waals surface area contributed by atoms with Crippen LogP contribution in [-0.4, -0.2) is 55.2 Å². The maximum atomic E-state index is 13.1. The molecule has 0 radical (unpaired) electrons. The Balaban J connectivity index is 1.49. The summed E-state index contributed by atoms with van der Waals surface area (Å²) in [5.41, 5.74) is 3.77. The van der Waals surface area contributed by atoms with Crippen LogP contribution in [0.5, 0.6) is 17.2 Å². The van der Waals surface area contributed by atoms with Gasteiger partial charge in [-0.1, -0.05) is 0 Å². The molecule has 1 aliphatic heterocycles. The van der Waals surface area contributed by atoms with E-state index in [1.54, 1.807) is 39.7 Å². The summed E-state index contributed by atoms with van der Waals surface area (Å²) in [4.78, 5) is 22.8. The van der Waals surface area contributed by atoms with Crippen LogP contribution in [0.15, 0.2) is 36.5 Å². The lowest BCUT2D eigenvalue weighted by Crippen LogP contribution is -2.38. The van der Waals surface area contributed by atoms with E-state index in [0.29, 0.717) is 41.8 Å². The van der Waals surface area contributed by atoms with E-state index >= 15 is 0 Å². The van der Waals surface area contributed by atoms with E-state index in [2.05, 4.69) is 16.0 Å². The summed E-state index contributed by atoms with van der Waals surface area (Å²) in [6.45, 7) is 1.39. The summed E-state index contributed by atoms with van der Waals surface area (Å²) in [7, 11) is 4.64. The van der Waals surface area contributed by atoms with Crippen LogP contribution in [0.25, 0.3) is 11.0 Å². The highest BCUT2D eigenvalue weighted by atomic mass is 16.5. The Morgan fingerprint density at radius 3 is 2.34 bits per heavy atom. The van der Waals surface area contributed by atoms with E-state index in [0.717, 1.165) is 23.9 Å². The van der Waals surface area contributed by atoms with Gasteiger partial charge < -0.3 is 24.1 Å². The summed E-state index contributed by atoms with van der Waals surface area (Å²) in [6.07, 6.45) is 3.62. The molecule has 152 valence electrons. The lowest BCUT2D eigenvalue weighted by atomic mass is 9.93. The van der Waals surface area contributed by atoms with Crippen LogP contribution in [0.4, 0.5) is 0 Å². The van der Waals surface area contributed by atoms with Crippen molar-refractivity contribution in [2.75, 3.05) is 34.4 Å². The zero-order valence-corrected chi connectivity index (χ0v) is 16.9.